The van der Waals surface area contributed by atoms with E-state index in [0.29, 0.717) is 0 Å². The van der Waals surface area contributed by atoms with Crippen molar-refractivity contribution in [2.75, 3.05) is 13.1 Å². The standard InChI is InChI=1S/C18H31NO4/c1-3-5-7-11-19(12-8-6-4-2)17(20)15-13-9-10-14(23-13)16(15)18(21)22/h13-16H,3-12H2,1-2H3,(H,21,22)/p-1/t13-,14+,15+,16-/m0/s1. The number of aliphatic carboxylic acids is 1. The number of amides is 1. The minimum Gasteiger partial charge on any atom is -0.550 e. The van der Waals surface area contributed by atoms with Gasteiger partial charge in [0.25, 0.3) is 0 Å². The van der Waals surface area contributed by atoms with Gasteiger partial charge in [0.15, 0.2) is 0 Å². The van der Waals surface area contributed by atoms with Crippen molar-refractivity contribution in [1.82, 2.24) is 4.90 Å². The number of carboxylic acid groups (broad SMARTS) is 1. The number of carbonyl (C=O) groups is 2. The van der Waals surface area contributed by atoms with Crippen LogP contribution >= 0.6 is 0 Å². The summed E-state index contributed by atoms with van der Waals surface area (Å²) in [6.45, 7) is 5.73. The van der Waals surface area contributed by atoms with Crippen LogP contribution in [0.15, 0.2) is 0 Å². The molecule has 2 aliphatic rings. The van der Waals surface area contributed by atoms with Gasteiger partial charge in [0, 0.05) is 25.0 Å². The van der Waals surface area contributed by atoms with Crippen LogP contribution in [-0.4, -0.2) is 42.1 Å². The van der Waals surface area contributed by atoms with Crippen LogP contribution in [0, 0.1) is 11.8 Å². The molecule has 2 heterocycles. The van der Waals surface area contributed by atoms with E-state index in [-0.39, 0.29) is 18.1 Å². The van der Waals surface area contributed by atoms with Crippen LogP contribution < -0.4 is 5.11 Å². The number of fused-ring (bicyclic) bond motifs is 2. The Balaban J connectivity index is 2.03. The van der Waals surface area contributed by atoms with Gasteiger partial charge in [-0.05, 0) is 25.7 Å². The molecule has 0 aromatic carbocycles. The highest BCUT2D eigenvalue weighted by atomic mass is 16.5. The summed E-state index contributed by atoms with van der Waals surface area (Å²) in [7, 11) is 0. The van der Waals surface area contributed by atoms with Crippen molar-refractivity contribution in [1.29, 1.82) is 0 Å². The molecule has 0 radical (unpaired) electrons. The van der Waals surface area contributed by atoms with Gasteiger partial charge >= 0.3 is 0 Å². The van der Waals surface area contributed by atoms with Gasteiger partial charge in [0.2, 0.25) is 5.91 Å². The smallest absolute Gasteiger partial charge is 0.229 e. The lowest BCUT2D eigenvalue weighted by Gasteiger charge is -2.33. The summed E-state index contributed by atoms with van der Waals surface area (Å²) in [5.74, 6) is -2.46. The number of unbranched alkanes of at least 4 members (excludes halogenated alkanes) is 4. The lowest BCUT2D eigenvalue weighted by Crippen LogP contribution is -2.49. The first-order valence-corrected chi connectivity index (χ1v) is 9.25. The summed E-state index contributed by atoms with van der Waals surface area (Å²) in [5, 5.41) is 11.5. The molecule has 0 aromatic heterocycles. The van der Waals surface area contributed by atoms with E-state index in [1.165, 1.54) is 0 Å². The number of carbonyl (C=O) groups excluding carboxylic acids is 2. The lowest BCUT2D eigenvalue weighted by atomic mass is 9.78. The molecule has 0 aromatic rings. The second kappa shape index (κ2) is 8.67. The molecular weight excluding hydrogens is 294 g/mol. The van der Waals surface area contributed by atoms with Crippen molar-refractivity contribution < 1.29 is 19.4 Å². The van der Waals surface area contributed by atoms with E-state index >= 15 is 0 Å². The molecule has 2 bridgehead atoms. The molecule has 2 saturated heterocycles. The largest absolute Gasteiger partial charge is 0.550 e. The Labute approximate surface area is 139 Å². The molecule has 0 aliphatic carbocycles. The molecule has 23 heavy (non-hydrogen) atoms. The maximum atomic E-state index is 13.0. The fourth-order valence-corrected chi connectivity index (χ4v) is 3.94. The molecule has 5 heteroatoms. The SMILES string of the molecule is CCCCCN(CCCCC)C(=O)[C@H]1[C@@H](C(=O)[O-])[C@H]2CC[C@@H]1O2. The number of nitrogens with zero attached hydrogens (tertiary/aromatic N) is 1. The first-order chi connectivity index (χ1) is 11.1. The molecule has 0 spiro atoms. The van der Waals surface area contributed by atoms with Crippen molar-refractivity contribution >= 4 is 11.9 Å². The zero-order chi connectivity index (χ0) is 16.8. The third kappa shape index (κ3) is 4.25. The molecule has 2 fully saturated rings. The number of carboxylic acids is 1. The number of hydrogen-bond acceptors (Lipinski definition) is 4. The third-order valence-corrected chi connectivity index (χ3v) is 5.21. The van der Waals surface area contributed by atoms with Gasteiger partial charge in [-0.3, -0.25) is 4.79 Å². The quantitative estimate of drug-likeness (QED) is 0.574. The van der Waals surface area contributed by atoms with Crippen molar-refractivity contribution in [3.8, 4) is 0 Å². The number of ether oxygens (including phenoxy) is 1. The van der Waals surface area contributed by atoms with E-state index < -0.39 is 17.8 Å². The van der Waals surface area contributed by atoms with Gasteiger partial charge in [-0.15, -0.1) is 0 Å². The zero-order valence-electron chi connectivity index (χ0n) is 14.5. The van der Waals surface area contributed by atoms with Gasteiger partial charge in [0.1, 0.15) is 0 Å². The van der Waals surface area contributed by atoms with E-state index in [9.17, 15) is 14.7 Å². The molecule has 5 nitrogen and oxygen atoms in total. The topological polar surface area (TPSA) is 69.7 Å². The lowest BCUT2D eigenvalue weighted by molar-refractivity contribution is -0.314. The predicted octanol–water partition coefficient (Wildman–Crippen LogP) is 1.74. The highest BCUT2D eigenvalue weighted by molar-refractivity contribution is 5.86. The summed E-state index contributed by atoms with van der Waals surface area (Å²) in [6.07, 6.45) is 7.33. The summed E-state index contributed by atoms with van der Waals surface area (Å²) in [4.78, 5) is 26.4. The van der Waals surface area contributed by atoms with Crippen molar-refractivity contribution in [2.24, 2.45) is 11.8 Å². The van der Waals surface area contributed by atoms with Crippen LogP contribution in [0.25, 0.3) is 0 Å². The van der Waals surface area contributed by atoms with E-state index in [1.54, 1.807) is 0 Å². The first kappa shape index (κ1) is 18.2. The van der Waals surface area contributed by atoms with E-state index in [0.717, 1.165) is 64.5 Å². The monoisotopic (exact) mass is 324 g/mol. The number of rotatable bonds is 10. The molecule has 2 aliphatic heterocycles. The zero-order valence-corrected chi connectivity index (χ0v) is 14.5. The normalized spacial score (nSPS) is 29.0. The second-order valence-corrected chi connectivity index (χ2v) is 6.90. The molecule has 0 saturated carbocycles. The van der Waals surface area contributed by atoms with Gasteiger partial charge in [-0.2, -0.15) is 0 Å². The highest BCUT2D eigenvalue weighted by Crippen LogP contribution is 2.44. The molecular formula is C18H30NO4-. The maximum Gasteiger partial charge on any atom is 0.229 e. The summed E-state index contributed by atoms with van der Waals surface area (Å²) >= 11 is 0. The van der Waals surface area contributed by atoms with Crippen LogP contribution in [0.3, 0.4) is 0 Å². The van der Waals surface area contributed by atoms with Crippen LogP contribution in [0.1, 0.15) is 65.2 Å². The Morgan fingerprint density at radius 1 is 0.957 bits per heavy atom. The Morgan fingerprint density at radius 2 is 1.48 bits per heavy atom. The molecule has 2 rings (SSSR count). The average molecular weight is 324 g/mol. The fraction of sp³-hybridized carbons (Fsp3) is 0.889. The average Bonchev–Trinajstić information content (AvgIpc) is 3.14. The second-order valence-electron chi connectivity index (χ2n) is 6.90. The van der Waals surface area contributed by atoms with Crippen LogP contribution in [0.2, 0.25) is 0 Å². The minimum absolute atomic E-state index is 0.0291. The van der Waals surface area contributed by atoms with Crippen LogP contribution in [-0.2, 0) is 14.3 Å². The Kier molecular flexibility index (Phi) is 6.88. The van der Waals surface area contributed by atoms with Crippen LogP contribution in [0.5, 0.6) is 0 Å². The van der Waals surface area contributed by atoms with Crippen molar-refractivity contribution in [3.63, 3.8) is 0 Å². The molecule has 0 N–H and O–H groups in total. The summed E-state index contributed by atoms with van der Waals surface area (Å²) < 4.78 is 5.71. The fourth-order valence-electron chi connectivity index (χ4n) is 3.94. The third-order valence-electron chi connectivity index (χ3n) is 5.21. The molecule has 1 amide bonds. The Morgan fingerprint density at radius 3 is 1.96 bits per heavy atom. The van der Waals surface area contributed by atoms with Gasteiger partial charge in [0.05, 0.1) is 18.1 Å². The molecule has 0 unspecified atom stereocenters. The Bertz CT molecular complexity index is 402. The van der Waals surface area contributed by atoms with Crippen molar-refractivity contribution in [3.05, 3.63) is 0 Å². The minimum atomic E-state index is -1.13. The van der Waals surface area contributed by atoms with Gasteiger partial charge < -0.3 is 19.5 Å². The maximum absolute atomic E-state index is 13.0. The summed E-state index contributed by atoms with van der Waals surface area (Å²) in [5.41, 5.74) is 0. The predicted molar refractivity (Wildman–Crippen MR) is 85.5 cm³/mol. The molecule has 132 valence electrons. The van der Waals surface area contributed by atoms with Gasteiger partial charge in [-0.1, -0.05) is 39.5 Å². The van der Waals surface area contributed by atoms with Crippen molar-refractivity contribution in [2.45, 2.75) is 77.4 Å². The van der Waals surface area contributed by atoms with E-state index in [2.05, 4.69) is 13.8 Å². The highest BCUT2D eigenvalue weighted by Gasteiger charge is 2.53. The summed E-state index contributed by atoms with van der Waals surface area (Å²) in [6, 6.07) is 0. The molecule has 4 atom stereocenters. The van der Waals surface area contributed by atoms with Gasteiger partial charge in [-0.25, -0.2) is 0 Å². The van der Waals surface area contributed by atoms with Crippen LogP contribution in [0.4, 0.5) is 0 Å². The number of hydrogen-bond donors (Lipinski definition) is 0. The van der Waals surface area contributed by atoms with E-state index in [1.807, 2.05) is 4.90 Å². The Hall–Kier alpha value is -1.10. The first-order valence-electron chi connectivity index (χ1n) is 9.25. The van der Waals surface area contributed by atoms with E-state index in [4.69, 9.17) is 4.74 Å².